The van der Waals surface area contributed by atoms with E-state index in [1.54, 1.807) is 27.0 Å². The number of nitrogens with zero attached hydrogens (tertiary/aromatic N) is 14. The molecule has 0 aliphatic rings. The summed E-state index contributed by atoms with van der Waals surface area (Å²) in [4.78, 5) is 66.6. The first-order valence-electron chi connectivity index (χ1n) is 44.3. The van der Waals surface area contributed by atoms with Gasteiger partial charge in [-0.15, -0.1) is 0 Å². The molecule has 0 spiro atoms. The number of pyridine rings is 3. The topological polar surface area (TPSA) is 235 Å². The maximum Gasteiger partial charge on any atom is 0.264 e. The summed E-state index contributed by atoms with van der Waals surface area (Å²) in [5.74, 6) is 0. The van der Waals surface area contributed by atoms with Crippen LogP contribution in [-0.2, 0) is 0 Å². The Morgan fingerprint density at radius 3 is 0.791 bits per heavy atom. The first kappa shape index (κ1) is 92.4. The van der Waals surface area contributed by atoms with Crippen LogP contribution in [0.15, 0.2) is 403 Å². The molecule has 0 saturated carbocycles. The Morgan fingerprint density at radius 1 is 0.245 bits per heavy atom. The van der Waals surface area contributed by atoms with Crippen LogP contribution in [0.3, 0.4) is 0 Å². The molecular weight excluding hydrogens is 1710 g/mol. The van der Waals surface area contributed by atoms with Crippen molar-refractivity contribution < 1.29 is 0 Å². The van der Waals surface area contributed by atoms with Crippen molar-refractivity contribution in [3.05, 3.63) is 465 Å². The van der Waals surface area contributed by atoms with Crippen LogP contribution in [0.2, 0.25) is 0 Å². The van der Waals surface area contributed by atoms with Gasteiger partial charge < -0.3 is 14.5 Å². The van der Waals surface area contributed by atoms with Crippen LogP contribution in [-0.4, -0.2) is 49.3 Å². The van der Waals surface area contributed by atoms with Crippen molar-refractivity contribution in [2.24, 2.45) is 0 Å². The van der Waals surface area contributed by atoms with Crippen molar-refractivity contribution in [2.75, 3.05) is 21.1 Å². The number of rotatable bonds is 9. The minimum absolute atomic E-state index is 0.0416. The molecule has 0 radical (unpaired) electrons. The maximum atomic E-state index is 14.3. The summed E-state index contributed by atoms with van der Waals surface area (Å²) >= 11 is 0. The lowest BCUT2D eigenvalue weighted by Crippen LogP contribution is -2.13. The SMILES string of the molecule is CC#N.CC#N.CC#N.N#Cc1ccc(-c2ccc3c(=O)n4c(nc5cc(-c6ccccc6)cc(-c6ccccc6)c54)c4cccc2c34)cc1.N#Cc1ccc(-c2ccc3c(=O)n4c5cc(-c6ccccc6)cc(-c6ccccc6)c5nc4c4cccc2c34)cc1.O=c1c2ccc(-c3ccccc3)c3cccc(c32)c2nc3c(-c4ccccc4)cc(-c4ccccc4)cc3n12.[C-]#[N+]C.[C-]#[N+]C.[C-]#[N+]C. The zero-order valence-corrected chi connectivity index (χ0v) is 76.4. The fourth-order valence-electron chi connectivity index (χ4n) is 18.1. The van der Waals surface area contributed by atoms with E-state index in [1.165, 1.54) is 41.9 Å². The van der Waals surface area contributed by atoms with Gasteiger partial charge in [0.2, 0.25) is 21.1 Å². The molecule has 0 fully saturated rings. The standard InChI is InChI=1S/2C37H21N3O.C36H22N2O.6C2H3N/c38-22-23-14-16-26(17-15-23)28-18-19-31-34-29(28)12-7-13-30(34)36-39-35-32(25-10-5-2-6-11-25)20-27(24-8-3-1-4-9-24)21-33(35)40(36)37(31)41;38-22-23-14-16-26(17-15-23)28-18-19-31-34-29(28)12-7-13-30(34)36-39-33-21-27(24-8-3-1-4-9-24)20-32(25-10-5-2-6-11-25)35(33)40(36)37(31)41;39-36-30-20-19-27(24-13-6-2-7-14-24)28-17-10-18-29(33(28)30)35-37-34-31(25-15-8-3-9-16-25)21-26(22-32(34)38(35)36)23-11-4-1-5-12-23;3*1-3-2;3*1-2-3/h2*1-21H;1-22H;6*1H3. The van der Waals surface area contributed by atoms with E-state index >= 15 is 0 Å². The lowest BCUT2D eigenvalue weighted by atomic mass is 9.93. The number of aromatic nitrogens is 6. The van der Waals surface area contributed by atoms with Gasteiger partial charge in [0.25, 0.3) is 16.7 Å². The lowest BCUT2D eigenvalue weighted by molar-refractivity contribution is 1.19. The van der Waals surface area contributed by atoms with Gasteiger partial charge in [0.05, 0.1) is 74.6 Å². The van der Waals surface area contributed by atoms with E-state index in [2.05, 4.69) is 197 Å². The minimum Gasteiger partial charge on any atom is -0.320 e. The van der Waals surface area contributed by atoms with E-state index in [1.807, 2.05) is 223 Å². The molecule has 18 aromatic carbocycles. The average Bonchev–Trinajstić information content (AvgIpc) is 1.58. The normalized spacial score (nSPS) is 10.4. The smallest absolute Gasteiger partial charge is 0.264 e. The highest BCUT2D eigenvalue weighted by Gasteiger charge is 2.26. The van der Waals surface area contributed by atoms with Crippen LogP contribution in [0, 0.1) is 76.4 Å². The van der Waals surface area contributed by atoms with E-state index in [-0.39, 0.29) is 16.7 Å². The van der Waals surface area contributed by atoms with Gasteiger partial charge in [-0.2, -0.15) is 26.3 Å². The molecule has 24 aromatic rings. The van der Waals surface area contributed by atoms with Gasteiger partial charge in [-0.3, -0.25) is 27.6 Å². The van der Waals surface area contributed by atoms with Crippen LogP contribution in [0.25, 0.3) is 229 Å². The number of imidazole rings is 3. The summed E-state index contributed by atoms with van der Waals surface area (Å²) in [5.41, 5.74) is 26.7. The van der Waals surface area contributed by atoms with Crippen molar-refractivity contribution in [2.45, 2.75) is 20.8 Å². The lowest BCUT2D eigenvalue weighted by Gasteiger charge is -2.13. The van der Waals surface area contributed by atoms with Crippen LogP contribution < -0.4 is 16.7 Å². The Balaban J connectivity index is 0.000000138. The third-order valence-electron chi connectivity index (χ3n) is 23.7. The van der Waals surface area contributed by atoms with E-state index in [0.717, 1.165) is 182 Å². The molecule has 0 unspecified atom stereocenters. The minimum atomic E-state index is -0.0817. The molecule has 24 rings (SSSR count). The number of nitriles is 5. The average molecular weight is 1790 g/mol. The summed E-state index contributed by atoms with van der Waals surface area (Å²) in [6.45, 7) is 21.8. The van der Waals surface area contributed by atoms with E-state index in [9.17, 15) is 24.9 Å². The molecule has 0 saturated heterocycles. The fourth-order valence-corrected chi connectivity index (χ4v) is 18.1. The second-order valence-electron chi connectivity index (χ2n) is 31.9. The quantitative estimate of drug-likeness (QED) is 0.123. The van der Waals surface area contributed by atoms with Crippen LogP contribution in [0.1, 0.15) is 31.9 Å². The molecule has 658 valence electrons. The van der Waals surface area contributed by atoms with Crippen LogP contribution in [0.4, 0.5) is 0 Å². The van der Waals surface area contributed by atoms with Gasteiger partial charge in [0.15, 0.2) is 0 Å². The Bertz CT molecular complexity index is 9070. The summed E-state index contributed by atoms with van der Waals surface area (Å²) in [5, 5.41) is 51.2. The first-order valence-corrected chi connectivity index (χ1v) is 44.3. The summed E-state index contributed by atoms with van der Waals surface area (Å²) in [7, 11) is 4.25. The summed E-state index contributed by atoms with van der Waals surface area (Å²) in [6.07, 6.45) is 0. The number of hydrogen-bond donors (Lipinski definition) is 0. The Labute approximate surface area is 801 Å². The Kier molecular flexibility index (Phi) is 28.0. The van der Waals surface area contributed by atoms with Crippen molar-refractivity contribution in [3.63, 3.8) is 0 Å². The monoisotopic (exact) mass is 1790 g/mol. The second kappa shape index (κ2) is 42.1. The molecular formula is C122H82N14O3. The second-order valence-corrected chi connectivity index (χ2v) is 31.9. The van der Waals surface area contributed by atoms with Crippen molar-refractivity contribution in [3.8, 4) is 130 Å². The molecule has 0 bridgehead atoms. The van der Waals surface area contributed by atoms with Gasteiger partial charge in [-0.25, -0.2) is 34.7 Å². The zero-order valence-electron chi connectivity index (χ0n) is 76.4. The van der Waals surface area contributed by atoms with Crippen molar-refractivity contribution >= 4 is 115 Å². The van der Waals surface area contributed by atoms with Gasteiger partial charge in [-0.05, 0) is 178 Å². The van der Waals surface area contributed by atoms with E-state index < -0.39 is 0 Å². The molecule has 17 nitrogen and oxygen atoms in total. The van der Waals surface area contributed by atoms with Gasteiger partial charge >= 0.3 is 0 Å². The van der Waals surface area contributed by atoms with Crippen molar-refractivity contribution in [1.82, 2.24) is 28.2 Å². The third-order valence-corrected chi connectivity index (χ3v) is 23.7. The molecule has 17 heteroatoms. The van der Waals surface area contributed by atoms with E-state index in [4.69, 9.17) is 50.5 Å². The molecule has 6 aromatic heterocycles. The number of hydrogen-bond acceptors (Lipinski definition) is 11. The van der Waals surface area contributed by atoms with Gasteiger partial charge in [-0.1, -0.05) is 309 Å². The molecule has 0 atom stereocenters. The predicted octanol–water partition coefficient (Wildman–Crippen LogP) is 28.7. The molecule has 139 heavy (non-hydrogen) atoms. The molecule has 0 aliphatic heterocycles. The maximum absolute atomic E-state index is 14.3. The highest BCUT2D eigenvalue weighted by Crippen LogP contribution is 2.45. The zero-order chi connectivity index (χ0) is 97.2. The highest BCUT2D eigenvalue weighted by molar-refractivity contribution is 6.23. The Hall–Kier alpha value is -19.9. The van der Waals surface area contributed by atoms with Gasteiger partial charge in [0.1, 0.15) is 16.9 Å². The van der Waals surface area contributed by atoms with Crippen LogP contribution >= 0.6 is 0 Å². The largest absolute Gasteiger partial charge is 0.320 e. The number of fused-ring (bicyclic) bond motifs is 12. The summed E-state index contributed by atoms with van der Waals surface area (Å²) < 4.78 is 5.39. The highest BCUT2D eigenvalue weighted by atomic mass is 16.1. The molecule has 0 N–H and O–H groups in total. The van der Waals surface area contributed by atoms with Crippen LogP contribution in [0.5, 0.6) is 0 Å². The molecule has 0 amide bonds. The number of benzene rings is 18. The Morgan fingerprint density at radius 2 is 0.489 bits per heavy atom. The molecule has 0 aliphatic carbocycles. The molecule has 6 heterocycles. The van der Waals surface area contributed by atoms with Crippen molar-refractivity contribution in [1.29, 1.82) is 26.3 Å². The predicted molar refractivity (Wildman–Crippen MR) is 565 cm³/mol. The summed E-state index contributed by atoms with van der Waals surface area (Å²) in [6, 6.07) is 140. The van der Waals surface area contributed by atoms with Gasteiger partial charge in [0, 0.05) is 85.9 Å². The van der Waals surface area contributed by atoms with E-state index in [0.29, 0.717) is 44.2 Å². The fraction of sp³-hybridized carbons (Fsp3) is 0.0492. The third kappa shape index (κ3) is 18.0. The first-order chi connectivity index (χ1) is 68.2.